The molecule has 0 aromatic carbocycles. The second kappa shape index (κ2) is 4.86. The van der Waals surface area contributed by atoms with Crippen molar-refractivity contribution in [3.8, 4) is 0 Å². The molecule has 10 nitrogen and oxygen atoms in total. The van der Waals surface area contributed by atoms with Crippen LogP contribution in [0.4, 0.5) is 0 Å². The van der Waals surface area contributed by atoms with Crippen LogP contribution in [-0.4, -0.2) is 38.2 Å². The summed E-state index contributed by atoms with van der Waals surface area (Å²) >= 11 is 0. The Morgan fingerprint density at radius 1 is 1.68 bits per heavy atom. The Bertz CT molecular complexity index is 632. The lowest BCUT2D eigenvalue weighted by molar-refractivity contribution is -0.0797. The minimum atomic E-state index is -1.94. The minimum absolute atomic E-state index is 0.214. The molecule has 1 aliphatic heterocycles. The van der Waals surface area contributed by atoms with Gasteiger partial charge in [-0.15, -0.1) is 0 Å². The first-order valence-corrected chi connectivity index (χ1v) is 5.36. The fourth-order valence-corrected chi connectivity index (χ4v) is 1.93. The Morgan fingerprint density at radius 2 is 2.42 bits per heavy atom. The van der Waals surface area contributed by atoms with Gasteiger partial charge in [0.25, 0.3) is 5.56 Å². The van der Waals surface area contributed by atoms with Gasteiger partial charge in [-0.2, -0.15) is 0 Å². The van der Waals surface area contributed by atoms with Crippen molar-refractivity contribution in [3.63, 3.8) is 0 Å². The van der Waals surface area contributed by atoms with Crippen molar-refractivity contribution in [1.82, 2.24) is 9.55 Å². The van der Waals surface area contributed by atoms with E-state index in [0.29, 0.717) is 0 Å². The van der Waals surface area contributed by atoms with Crippen LogP contribution in [-0.2, 0) is 4.74 Å². The highest BCUT2D eigenvalue weighted by molar-refractivity contribution is 4.95. The van der Waals surface area contributed by atoms with Gasteiger partial charge in [-0.05, 0) is 5.53 Å². The summed E-state index contributed by atoms with van der Waals surface area (Å²) in [6, 6.07) is 1.11. The van der Waals surface area contributed by atoms with Crippen LogP contribution in [0.3, 0.4) is 0 Å². The molecule has 0 unspecified atom stereocenters. The van der Waals surface area contributed by atoms with E-state index >= 15 is 0 Å². The number of nitrogens with one attached hydrogen (secondary N) is 1. The van der Waals surface area contributed by atoms with E-state index in [1.807, 2.05) is 4.98 Å². The molecule has 1 aromatic rings. The second-order valence-corrected chi connectivity index (χ2v) is 4.05. The summed E-state index contributed by atoms with van der Waals surface area (Å²) in [6.07, 6.45) is -1.11. The molecule has 1 saturated heterocycles. The zero-order chi connectivity index (χ0) is 14.0. The molecular formula is C9H11N5O5. The van der Waals surface area contributed by atoms with Gasteiger partial charge in [-0.1, -0.05) is 5.11 Å². The van der Waals surface area contributed by atoms with E-state index in [1.54, 1.807) is 0 Å². The van der Waals surface area contributed by atoms with Crippen molar-refractivity contribution in [3.05, 3.63) is 43.5 Å². The summed E-state index contributed by atoms with van der Waals surface area (Å²) in [5.74, 6) is 0. The van der Waals surface area contributed by atoms with Crippen LogP contribution in [0.1, 0.15) is 12.6 Å². The van der Waals surface area contributed by atoms with Crippen molar-refractivity contribution in [2.24, 2.45) is 5.11 Å². The fraction of sp³-hybridized carbons (Fsp3) is 0.556. The van der Waals surface area contributed by atoms with Crippen LogP contribution in [0.5, 0.6) is 0 Å². The molecule has 0 radical (unpaired) electrons. The summed E-state index contributed by atoms with van der Waals surface area (Å²) in [6.45, 7) is -0.579. The third-order valence-electron chi connectivity index (χ3n) is 2.86. The lowest BCUT2D eigenvalue weighted by Crippen LogP contribution is -2.38. The van der Waals surface area contributed by atoms with Gasteiger partial charge in [0.15, 0.2) is 5.72 Å². The highest BCUT2D eigenvalue weighted by Gasteiger charge is 2.47. The van der Waals surface area contributed by atoms with Crippen molar-refractivity contribution in [2.75, 3.05) is 6.61 Å². The number of nitrogens with zero attached hydrogens (tertiary/aromatic N) is 4. The summed E-state index contributed by atoms with van der Waals surface area (Å²) in [5.41, 5.74) is 5.17. The molecule has 1 aliphatic rings. The normalized spacial score (nSPS) is 30.0. The van der Waals surface area contributed by atoms with Crippen molar-refractivity contribution < 1.29 is 14.9 Å². The number of rotatable bonds is 3. The van der Waals surface area contributed by atoms with E-state index in [-0.39, 0.29) is 6.42 Å². The zero-order valence-electron chi connectivity index (χ0n) is 9.63. The van der Waals surface area contributed by atoms with E-state index in [2.05, 4.69) is 10.0 Å². The second-order valence-electron chi connectivity index (χ2n) is 4.05. The predicted octanol–water partition coefficient (Wildman–Crippen LogP) is -1.18. The van der Waals surface area contributed by atoms with Gasteiger partial charge < -0.3 is 14.9 Å². The van der Waals surface area contributed by atoms with Gasteiger partial charge in [0.1, 0.15) is 12.3 Å². The van der Waals surface area contributed by atoms with E-state index in [1.165, 1.54) is 6.20 Å². The van der Waals surface area contributed by atoms with Gasteiger partial charge in [0.05, 0.1) is 6.61 Å². The number of hydrogen-bond donors (Lipinski definition) is 3. The van der Waals surface area contributed by atoms with E-state index in [9.17, 15) is 14.7 Å². The maximum absolute atomic E-state index is 11.6. The average molecular weight is 269 g/mol. The van der Waals surface area contributed by atoms with Crippen LogP contribution in [0.15, 0.2) is 27.0 Å². The number of aliphatic hydroxyl groups excluding tert-OH is 1. The molecule has 1 fully saturated rings. The van der Waals surface area contributed by atoms with Crippen molar-refractivity contribution in [1.29, 1.82) is 0 Å². The van der Waals surface area contributed by atoms with Crippen LogP contribution < -0.4 is 11.2 Å². The SMILES string of the molecule is [N-]=[N+]=N[C@]1(O)C[C@H](n2ccc(=O)[nH]c2=O)O[C@@H]1CO. The molecule has 19 heavy (non-hydrogen) atoms. The molecule has 1 aromatic heterocycles. The maximum Gasteiger partial charge on any atom is 0.330 e. The summed E-state index contributed by atoms with van der Waals surface area (Å²) < 4.78 is 6.30. The molecule has 3 N–H and O–H groups in total. The molecule has 2 rings (SSSR count). The summed E-state index contributed by atoms with van der Waals surface area (Å²) in [7, 11) is 0. The van der Waals surface area contributed by atoms with Gasteiger partial charge in [-0.25, -0.2) is 4.79 Å². The highest BCUT2D eigenvalue weighted by Crippen LogP contribution is 2.36. The minimum Gasteiger partial charge on any atom is -0.394 e. The van der Waals surface area contributed by atoms with Crippen LogP contribution in [0, 0.1) is 0 Å². The van der Waals surface area contributed by atoms with E-state index in [4.69, 9.17) is 15.4 Å². The highest BCUT2D eigenvalue weighted by atomic mass is 16.6. The first-order chi connectivity index (χ1) is 9.00. The number of ether oxygens (including phenoxy) is 1. The van der Waals surface area contributed by atoms with Crippen molar-refractivity contribution >= 4 is 0 Å². The molecule has 0 amide bonds. The molecule has 0 saturated carbocycles. The van der Waals surface area contributed by atoms with Crippen LogP contribution in [0.2, 0.25) is 0 Å². The average Bonchev–Trinajstić information content (AvgIpc) is 2.66. The summed E-state index contributed by atoms with van der Waals surface area (Å²) in [5, 5.41) is 22.3. The first kappa shape index (κ1) is 13.3. The third-order valence-corrected chi connectivity index (χ3v) is 2.86. The van der Waals surface area contributed by atoms with Crippen LogP contribution in [0.25, 0.3) is 10.4 Å². The predicted molar refractivity (Wildman–Crippen MR) is 61.0 cm³/mol. The van der Waals surface area contributed by atoms with Crippen LogP contribution >= 0.6 is 0 Å². The standard InChI is InChI=1S/C9H11N5O5/c10-13-12-9(18)3-7(19-5(9)4-15)14-2-1-6(16)11-8(14)17/h1-2,5,7,15,18H,3-4H2,(H,11,16,17)/t5-,7-,9+/m1/s1. The smallest absolute Gasteiger partial charge is 0.330 e. The fourth-order valence-electron chi connectivity index (χ4n) is 1.93. The Morgan fingerprint density at radius 3 is 3.00 bits per heavy atom. The first-order valence-electron chi connectivity index (χ1n) is 5.36. The largest absolute Gasteiger partial charge is 0.394 e. The molecule has 102 valence electrons. The van der Waals surface area contributed by atoms with E-state index < -0.39 is 35.9 Å². The number of aromatic amines is 1. The Hall–Kier alpha value is -2.13. The number of azide groups is 1. The van der Waals surface area contributed by atoms with Gasteiger partial charge in [-0.3, -0.25) is 14.3 Å². The molecule has 10 heteroatoms. The molecule has 2 heterocycles. The monoisotopic (exact) mass is 269 g/mol. The number of hydrogen-bond acceptors (Lipinski definition) is 6. The lowest BCUT2D eigenvalue weighted by atomic mass is 10.1. The number of aliphatic hydroxyl groups is 2. The Balaban J connectivity index is 2.37. The molecule has 3 atom stereocenters. The molecule has 0 bridgehead atoms. The quantitative estimate of drug-likeness (QED) is 0.358. The zero-order valence-corrected chi connectivity index (χ0v) is 9.63. The third kappa shape index (κ3) is 2.37. The molecule has 0 aliphatic carbocycles. The van der Waals surface area contributed by atoms with Gasteiger partial charge in [0.2, 0.25) is 0 Å². The topological polar surface area (TPSA) is 153 Å². The number of aromatic nitrogens is 2. The van der Waals surface area contributed by atoms with E-state index in [0.717, 1.165) is 10.6 Å². The lowest BCUT2D eigenvalue weighted by Gasteiger charge is -2.19. The Labute approximate surface area is 105 Å². The molecule has 0 spiro atoms. The summed E-state index contributed by atoms with van der Waals surface area (Å²) in [4.78, 5) is 27.0. The number of H-pyrrole nitrogens is 1. The molecular weight excluding hydrogens is 258 g/mol. The maximum atomic E-state index is 11.6. The van der Waals surface area contributed by atoms with Gasteiger partial charge in [0, 0.05) is 23.6 Å². The Kier molecular flexibility index (Phi) is 3.40. The van der Waals surface area contributed by atoms with Crippen molar-refractivity contribution in [2.45, 2.75) is 24.5 Å². The van der Waals surface area contributed by atoms with Gasteiger partial charge >= 0.3 is 5.69 Å².